The zero-order chi connectivity index (χ0) is 30.1. The molecule has 0 bridgehead atoms. The highest BCUT2D eigenvalue weighted by Gasteiger charge is 2.42. The largest absolute Gasteiger partial charge is 0.496 e. The van der Waals surface area contributed by atoms with Gasteiger partial charge in [0.15, 0.2) is 5.78 Å². The first kappa shape index (κ1) is 28.7. The molecule has 1 aliphatic carbocycles. The van der Waals surface area contributed by atoms with Gasteiger partial charge in [-0.15, -0.1) is 0 Å². The molecule has 0 saturated carbocycles. The van der Waals surface area contributed by atoms with Gasteiger partial charge in [0.05, 0.1) is 35.7 Å². The quantitative estimate of drug-likeness (QED) is 0.238. The number of nitro groups is 1. The second-order valence-corrected chi connectivity index (χ2v) is 10.7. The third kappa shape index (κ3) is 5.17. The van der Waals surface area contributed by atoms with Crippen molar-refractivity contribution >= 4 is 28.8 Å². The number of allylic oxidation sites excluding steroid dienone is 3. The number of Topliss-reactive ketones (excluding diaryl/α,β-unsaturated/α-hetero) is 1. The van der Waals surface area contributed by atoms with Gasteiger partial charge in [0.2, 0.25) is 0 Å². The van der Waals surface area contributed by atoms with Gasteiger partial charge in [0, 0.05) is 22.7 Å². The highest BCUT2D eigenvalue weighted by atomic mass is 35.5. The van der Waals surface area contributed by atoms with Crippen LogP contribution in [0.4, 0.5) is 11.4 Å². The average molecular weight is 585 g/mol. The third-order valence-electron chi connectivity index (χ3n) is 7.78. The van der Waals surface area contributed by atoms with Crippen LogP contribution < -0.4 is 20.1 Å². The fraction of sp³-hybridized carbons (Fsp3) is 0.250. The molecule has 2 aliphatic rings. The van der Waals surface area contributed by atoms with Crippen molar-refractivity contribution in [1.29, 1.82) is 5.26 Å². The van der Waals surface area contributed by atoms with Gasteiger partial charge in [-0.3, -0.25) is 19.8 Å². The molecule has 0 fully saturated rings. The van der Waals surface area contributed by atoms with E-state index in [1.165, 1.54) is 24.1 Å². The second kappa shape index (κ2) is 11.6. The number of rotatable bonds is 7. The Morgan fingerprint density at radius 1 is 1.10 bits per heavy atom. The molecule has 3 aromatic carbocycles. The summed E-state index contributed by atoms with van der Waals surface area (Å²) in [6.45, 7) is 4.18. The highest BCUT2D eigenvalue weighted by Crippen LogP contribution is 2.49. The number of anilines is 1. The molecule has 214 valence electrons. The van der Waals surface area contributed by atoms with Crippen LogP contribution in [-0.4, -0.2) is 17.8 Å². The Bertz CT molecular complexity index is 1700. The van der Waals surface area contributed by atoms with Crippen molar-refractivity contribution in [2.75, 3.05) is 12.0 Å². The summed E-state index contributed by atoms with van der Waals surface area (Å²) in [6, 6.07) is 17.7. The van der Waals surface area contributed by atoms with Crippen molar-refractivity contribution in [1.82, 2.24) is 0 Å². The zero-order valence-electron chi connectivity index (χ0n) is 23.4. The fourth-order valence-corrected chi connectivity index (χ4v) is 5.84. The van der Waals surface area contributed by atoms with Crippen molar-refractivity contribution < 1.29 is 19.2 Å². The predicted molar refractivity (Wildman–Crippen MR) is 159 cm³/mol. The summed E-state index contributed by atoms with van der Waals surface area (Å²) in [5.74, 6) is 0.191. The smallest absolute Gasteiger partial charge is 0.296 e. The molecule has 0 radical (unpaired) electrons. The molecule has 9 nitrogen and oxygen atoms in total. The standard InChI is InChI=1S/C32H29ClN4O5/c1-18-13-19(2)24(14-20(18)17-42-22-9-7-21(33)8-10-22)30-25(16-34)32(35)36(27-5-4-6-29(38)31(27)30)26-12-11-23(41-3)15-28(26)37(39)40/h7-15,30H,4-6,17,35H2,1-3H3. The molecule has 0 aromatic heterocycles. The summed E-state index contributed by atoms with van der Waals surface area (Å²) in [6.07, 6.45) is 1.34. The van der Waals surface area contributed by atoms with E-state index < -0.39 is 10.8 Å². The summed E-state index contributed by atoms with van der Waals surface area (Å²) in [5, 5.41) is 23.2. The normalized spacial score (nSPS) is 16.7. The Hall–Kier alpha value is -4.81. The molecule has 1 atom stereocenters. The van der Waals surface area contributed by atoms with E-state index in [0.29, 0.717) is 47.1 Å². The van der Waals surface area contributed by atoms with Crippen LogP contribution in [0.1, 0.15) is 47.4 Å². The van der Waals surface area contributed by atoms with E-state index in [2.05, 4.69) is 6.07 Å². The first-order chi connectivity index (χ1) is 20.1. The van der Waals surface area contributed by atoms with Crippen molar-refractivity contribution in [3.8, 4) is 17.6 Å². The van der Waals surface area contributed by atoms with Crippen LogP contribution in [0.2, 0.25) is 5.02 Å². The maximum absolute atomic E-state index is 13.6. The first-order valence-electron chi connectivity index (χ1n) is 13.4. The van der Waals surface area contributed by atoms with Gasteiger partial charge >= 0.3 is 0 Å². The van der Waals surface area contributed by atoms with Crippen molar-refractivity contribution in [2.45, 2.75) is 45.6 Å². The molecule has 2 N–H and O–H groups in total. The molecule has 0 spiro atoms. The number of nitrogens with two attached hydrogens (primary N) is 1. The Morgan fingerprint density at radius 2 is 1.81 bits per heavy atom. The molecule has 1 heterocycles. The van der Waals surface area contributed by atoms with Crippen LogP contribution in [0, 0.1) is 35.3 Å². The number of methoxy groups -OCH3 is 1. The summed E-state index contributed by atoms with van der Waals surface area (Å²) in [4.78, 5) is 26.7. The molecule has 3 aromatic rings. The maximum Gasteiger partial charge on any atom is 0.296 e. The van der Waals surface area contributed by atoms with E-state index in [9.17, 15) is 20.2 Å². The predicted octanol–water partition coefficient (Wildman–Crippen LogP) is 6.76. The van der Waals surface area contributed by atoms with Crippen molar-refractivity contribution in [3.05, 3.63) is 115 Å². The molecule has 42 heavy (non-hydrogen) atoms. The number of nitriles is 1. The lowest BCUT2D eigenvalue weighted by Crippen LogP contribution is -2.39. The Labute approximate surface area is 248 Å². The number of hydrogen-bond acceptors (Lipinski definition) is 8. The van der Waals surface area contributed by atoms with E-state index >= 15 is 0 Å². The lowest BCUT2D eigenvalue weighted by molar-refractivity contribution is -0.384. The van der Waals surface area contributed by atoms with Crippen molar-refractivity contribution in [2.24, 2.45) is 5.73 Å². The molecule has 10 heteroatoms. The number of ketones is 1. The molecule has 1 unspecified atom stereocenters. The Kier molecular flexibility index (Phi) is 7.92. The number of aryl methyl sites for hydroxylation is 2. The number of benzene rings is 3. The zero-order valence-corrected chi connectivity index (χ0v) is 24.2. The topological polar surface area (TPSA) is 132 Å². The molecule has 5 rings (SSSR count). The molecule has 1 aliphatic heterocycles. The number of hydrogen-bond donors (Lipinski definition) is 1. The van der Waals surface area contributed by atoms with Gasteiger partial charge in [-0.1, -0.05) is 23.7 Å². The first-order valence-corrected chi connectivity index (χ1v) is 13.8. The average Bonchev–Trinajstić information content (AvgIpc) is 2.97. The molecule has 0 saturated heterocycles. The summed E-state index contributed by atoms with van der Waals surface area (Å²) in [7, 11) is 1.42. The number of ether oxygens (including phenoxy) is 2. The molecular formula is C32H29ClN4O5. The minimum Gasteiger partial charge on any atom is -0.496 e. The van der Waals surface area contributed by atoms with E-state index in [4.69, 9.17) is 26.8 Å². The molecule has 0 amide bonds. The van der Waals surface area contributed by atoms with Crippen LogP contribution in [0.15, 0.2) is 77.3 Å². The number of nitro benzene ring substituents is 1. The fourth-order valence-electron chi connectivity index (χ4n) is 5.71. The second-order valence-electron chi connectivity index (χ2n) is 10.3. The van der Waals surface area contributed by atoms with E-state index in [1.54, 1.807) is 30.3 Å². The van der Waals surface area contributed by atoms with Gasteiger partial charge in [0.25, 0.3) is 5.69 Å². The maximum atomic E-state index is 13.6. The number of nitrogens with zero attached hydrogens (tertiary/aromatic N) is 3. The minimum atomic E-state index is -0.721. The van der Waals surface area contributed by atoms with E-state index in [0.717, 1.165) is 22.3 Å². The van der Waals surface area contributed by atoms with Crippen LogP contribution >= 0.6 is 11.6 Å². The number of carbonyl (C=O) groups is 1. The lowest BCUT2D eigenvalue weighted by Gasteiger charge is -2.39. The van der Waals surface area contributed by atoms with Gasteiger partial charge in [-0.25, -0.2) is 0 Å². The number of carbonyl (C=O) groups excluding carboxylic acids is 1. The Balaban J connectivity index is 1.65. The van der Waals surface area contributed by atoms with Crippen molar-refractivity contribution in [3.63, 3.8) is 0 Å². The van der Waals surface area contributed by atoms with E-state index in [1.807, 2.05) is 26.0 Å². The third-order valence-corrected chi connectivity index (χ3v) is 8.03. The number of halogens is 1. The SMILES string of the molecule is COc1ccc(N2C(N)=C(C#N)C(c3cc(COc4ccc(Cl)cc4)c(C)cc3C)C3=C2CCCC3=O)c([N+](=O)[O-])c1. The summed E-state index contributed by atoms with van der Waals surface area (Å²) < 4.78 is 11.2. The van der Waals surface area contributed by atoms with Gasteiger partial charge in [-0.2, -0.15) is 5.26 Å². The van der Waals surface area contributed by atoms with Gasteiger partial charge < -0.3 is 15.2 Å². The van der Waals surface area contributed by atoms with Gasteiger partial charge in [-0.05, 0) is 85.3 Å². The minimum absolute atomic E-state index is 0.0585. The molecular weight excluding hydrogens is 556 g/mol. The lowest BCUT2D eigenvalue weighted by atomic mass is 9.74. The highest BCUT2D eigenvalue weighted by molar-refractivity contribution is 6.30. The Morgan fingerprint density at radius 3 is 2.48 bits per heavy atom. The summed E-state index contributed by atoms with van der Waals surface area (Å²) >= 11 is 6.00. The van der Waals surface area contributed by atoms with Crippen LogP contribution in [0.25, 0.3) is 0 Å². The monoisotopic (exact) mass is 584 g/mol. The van der Waals surface area contributed by atoms with Gasteiger partial charge in [0.1, 0.15) is 29.6 Å². The summed E-state index contributed by atoms with van der Waals surface area (Å²) in [5.41, 5.74) is 11.3. The van der Waals surface area contributed by atoms with Crippen LogP contribution in [-0.2, 0) is 11.4 Å². The van der Waals surface area contributed by atoms with Crippen LogP contribution in [0.3, 0.4) is 0 Å². The van der Waals surface area contributed by atoms with Crippen LogP contribution in [0.5, 0.6) is 11.5 Å². The van der Waals surface area contributed by atoms with E-state index in [-0.39, 0.29) is 35.2 Å².